The molecule has 1 aromatic rings. The van der Waals surface area contributed by atoms with Crippen molar-refractivity contribution in [2.24, 2.45) is 5.92 Å². The second kappa shape index (κ2) is 7.07. The Morgan fingerprint density at radius 1 is 1.30 bits per heavy atom. The molecule has 0 aliphatic heterocycles. The molecule has 0 unspecified atom stereocenters. The van der Waals surface area contributed by atoms with Crippen molar-refractivity contribution in [1.29, 1.82) is 0 Å². The molecule has 2 rings (SSSR count). The molecule has 20 heavy (non-hydrogen) atoms. The van der Waals surface area contributed by atoms with Crippen molar-refractivity contribution >= 4 is 17.7 Å². The standard InChI is InChI=1S/C14H21N3O3/c18-13(6-7-14(19)20)15-12-9-11(16-17-12)8-10-4-2-1-3-5-10/h9-10H,1-8H2,(H,19,20)(H2,15,16,17,18). The molecule has 1 heterocycles. The molecule has 0 aromatic carbocycles. The van der Waals surface area contributed by atoms with E-state index >= 15 is 0 Å². The molecule has 1 aliphatic carbocycles. The second-order valence-electron chi connectivity index (χ2n) is 5.43. The van der Waals surface area contributed by atoms with E-state index < -0.39 is 5.97 Å². The number of hydrogen-bond donors (Lipinski definition) is 3. The zero-order valence-electron chi connectivity index (χ0n) is 11.5. The molecule has 1 amide bonds. The number of anilines is 1. The third-order valence-corrected chi connectivity index (χ3v) is 3.70. The number of aromatic nitrogens is 2. The minimum atomic E-state index is -0.972. The van der Waals surface area contributed by atoms with Crippen molar-refractivity contribution in [3.63, 3.8) is 0 Å². The van der Waals surface area contributed by atoms with Crippen LogP contribution in [0.1, 0.15) is 50.6 Å². The molecule has 1 aromatic heterocycles. The van der Waals surface area contributed by atoms with Gasteiger partial charge in [0.15, 0.2) is 5.82 Å². The monoisotopic (exact) mass is 279 g/mol. The third kappa shape index (κ3) is 4.68. The van der Waals surface area contributed by atoms with Crippen LogP contribution in [0.5, 0.6) is 0 Å². The lowest BCUT2D eigenvalue weighted by Crippen LogP contribution is -2.13. The van der Waals surface area contributed by atoms with E-state index in [0.29, 0.717) is 11.7 Å². The van der Waals surface area contributed by atoms with Crippen LogP contribution in [0.3, 0.4) is 0 Å². The Morgan fingerprint density at radius 3 is 2.75 bits per heavy atom. The van der Waals surface area contributed by atoms with Crippen molar-refractivity contribution in [2.45, 2.75) is 51.4 Å². The Morgan fingerprint density at radius 2 is 2.05 bits per heavy atom. The first-order valence-corrected chi connectivity index (χ1v) is 7.19. The first-order chi connectivity index (χ1) is 9.63. The number of aliphatic carboxylic acids is 1. The summed E-state index contributed by atoms with van der Waals surface area (Å²) < 4.78 is 0. The Labute approximate surface area is 118 Å². The molecule has 3 N–H and O–H groups in total. The van der Waals surface area contributed by atoms with Gasteiger partial charge < -0.3 is 10.4 Å². The zero-order valence-corrected chi connectivity index (χ0v) is 11.5. The number of aromatic amines is 1. The highest BCUT2D eigenvalue weighted by atomic mass is 16.4. The number of H-pyrrole nitrogens is 1. The van der Waals surface area contributed by atoms with Crippen LogP contribution in [-0.4, -0.2) is 27.2 Å². The van der Waals surface area contributed by atoms with Crippen LogP contribution in [0, 0.1) is 5.92 Å². The first-order valence-electron chi connectivity index (χ1n) is 7.19. The Bertz CT molecular complexity index is 464. The summed E-state index contributed by atoms with van der Waals surface area (Å²) in [6.07, 6.45) is 7.25. The Kier molecular flexibility index (Phi) is 5.15. The smallest absolute Gasteiger partial charge is 0.303 e. The van der Waals surface area contributed by atoms with Crippen LogP contribution in [0.15, 0.2) is 6.07 Å². The highest BCUT2D eigenvalue weighted by Gasteiger charge is 2.15. The largest absolute Gasteiger partial charge is 0.481 e. The molecule has 0 saturated heterocycles. The number of hydrogen-bond acceptors (Lipinski definition) is 3. The molecule has 1 aliphatic rings. The molecule has 0 radical (unpaired) electrons. The maximum atomic E-state index is 11.5. The van der Waals surface area contributed by atoms with Gasteiger partial charge in [0.1, 0.15) is 0 Å². The van der Waals surface area contributed by atoms with Crippen molar-refractivity contribution in [2.75, 3.05) is 5.32 Å². The molecule has 6 heteroatoms. The van der Waals surface area contributed by atoms with Crippen LogP contribution in [0.2, 0.25) is 0 Å². The molecule has 6 nitrogen and oxygen atoms in total. The highest BCUT2D eigenvalue weighted by molar-refractivity contribution is 5.91. The van der Waals surface area contributed by atoms with Gasteiger partial charge in [0.05, 0.1) is 6.42 Å². The van der Waals surface area contributed by atoms with Gasteiger partial charge >= 0.3 is 5.97 Å². The highest BCUT2D eigenvalue weighted by Crippen LogP contribution is 2.26. The first kappa shape index (κ1) is 14.6. The molecule has 1 fully saturated rings. The number of carboxylic acids is 1. The number of carboxylic acid groups (broad SMARTS) is 1. The number of amides is 1. The molecule has 110 valence electrons. The van der Waals surface area contributed by atoms with Crippen molar-refractivity contribution in [3.05, 3.63) is 11.8 Å². The lowest BCUT2D eigenvalue weighted by Gasteiger charge is -2.20. The van der Waals surface area contributed by atoms with E-state index in [2.05, 4.69) is 15.5 Å². The Hall–Kier alpha value is -1.85. The second-order valence-corrected chi connectivity index (χ2v) is 5.43. The molecule has 0 bridgehead atoms. The fraction of sp³-hybridized carbons (Fsp3) is 0.643. The maximum Gasteiger partial charge on any atom is 0.303 e. The van der Waals surface area contributed by atoms with Gasteiger partial charge in [-0.05, 0) is 12.3 Å². The van der Waals surface area contributed by atoms with Crippen LogP contribution in [0.4, 0.5) is 5.82 Å². The minimum Gasteiger partial charge on any atom is -0.481 e. The number of nitrogens with one attached hydrogen (secondary N) is 2. The number of nitrogens with zero attached hydrogens (tertiary/aromatic N) is 1. The van der Waals surface area contributed by atoms with Crippen molar-refractivity contribution < 1.29 is 14.7 Å². The number of carbonyl (C=O) groups excluding carboxylic acids is 1. The van der Waals surface area contributed by atoms with Gasteiger partial charge in [0, 0.05) is 18.2 Å². The van der Waals surface area contributed by atoms with E-state index in [1.165, 1.54) is 32.1 Å². The number of carbonyl (C=O) groups is 2. The summed E-state index contributed by atoms with van der Waals surface area (Å²) in [4.78, 5) is 21.9. The lowest BCUT2D eigenvalue weighted by atomic mass is 9.86. The van der Waals surface area contributed by atoms with Crippen LogP contribution < -0.4 is 5.32 Å². The summed E-state index contributed by atoms with van der Waals surface area (Å²) in [5.74, 6) is -0.103. The van der Waals surface area contributed by atoms with E-state index in [4.69, 9.17) is 5.11 Å². The molecule has 0 spiro atoms. The fourth-order valence-electron chi connectivity index (χ4n) is 2.66. The zero-order chi connectivity index (χ0) is 14.4. The minimum absolute atomic E-state index is 0.0276. The third-order valence-electron chi connectivity index (χ3n) is 3.70. The summed E-state index contributed by atoms with van der Waals surface area (Å²) in [7, 11) is 0. The van der Waals surface area contributed by atoms with Crippen molar-refractivity contribution in [1.82, 2.24) is 10.2 Å². The quantitative estimate of drug-likeness (QED) is 0.744. The average Bonchev–Trinajstić information content (AvgIpc) is 2.85. The van der Waals surface area contributed by atoms with Gasteiger partial charge in [-0.2, -0.15) is 5.10 Å². The lowest BCUT2D eigenvalue weighted by molar-refractivity contribution is -0.138. The van der Waals surface area contributed by atoms with Gasteiger partial charge in [-0.3, -0.25) is 14.7 Å². The molecular weight excluding hydrogens is 258 g/mol. The van der Waals surface area contributed by atoms with E-state index in [0.717, 1.165) is 12.1 Å². The average molecular weight is 279 g/mol. The SMILES string of the molecule is O=C(O)CCC(=O)Nc1cc(CC2CCCCC2)[nH]n1. The van der Waals surface area contributed by atoms with Crippen molar-refractivity contribution in [3.8, 4) is 0 Å². The summed E-state index contributed by atoms with van der Waals surface area (Å²) in [6, 6.07) is 1.84. The maximum absolute atomic E-state index is 11.5. The van der Waals surface area contributed by atoms with E-state index in [-0.39, 0.29) is 18.7 Å². The normalized spacial score (nSPS) is 16.0. The Balaban J connectivity index is 1.79. The van der Waals surface area contributed by atoms with Crippen LogP contribution in [0.25, 0.3) is 0 Å². The molecule has 0 atom stereocenters. The van der Waals surface area contributed by atoms with E-state index in [1.54, 1.807) is 0 Å². The van der Waals surface area contributed by atoms with Gasteiger partial charge in [0.25, 0.3) is 0 Å². The summed E-state index contributed by atoms with van der Waals surface area (Å²) in [6.45, 7) is 0. The predicted octanol–water partition coefficient (Wildman–Crippen LogP) is 2.34. The summed E-state index contributed by atoms with van der Waals surface area (Å²) in [5, 5.41) is 18.1. The van der Waals surface area contributed by atoms with Crippen LogP contribution in [-0.2, 0) is 16.0 Å². The van der Waals surface area contributed by atoms with E-state index in [9.17, 15) is 9.59 Å². The number of rotatable bonds is 6. The topological polar surface area (TPSA) is 95.1 Å². The summed E-state index contributed by atoms with van der Waals surface area (Å²) >= 11 is 0. The molecule has 1 saturated carbocycles. The van der Waals surface area contributed by atoms with Gasteiger partial charge in [0.2, 0.25) is 5.91 Å². The van der Waals surface area contributed by atoms with E-state index in [1.807, 2.05) is 6.07 Å². The predicted molar refractivity (Wildman–Crippen MR) is 74.4 cm³/mol. The molecular formula is C14H21N3O3. The summed E-state index contributed by atoms with van der Waals surface area (Å²) in [5.41, 5.74) is 1.03. The van der Waals surface area contributed by atoms with Gasteiger partial charge in [-0.1, -0.05) is 32.1 Å². The van der Waals surface area contributed by atoms with Gasteiger partial charge in [-0.25, -0.2) is 0 Å². The van der Waals surface area contributed by atoms with Crippen LogP contribution >= 0.6 is 0 Å². The van der Waals surface area contributed by atoms with Gasteiger partial charge in [-0.15, -0.1) is 0 Å². The fourth-order valence-corrected chi connectivity index (χ4v) is 2.66.